The lowest BCUT2D eigenvalue weighted by Crippen LogP contribution is -2.04. The normalized spacial score (nSPS) is 11.2. The molecule has 0 saturated heterocycles. The van der Waals surface area contributed by atoms with Crippen LogP contribution in [0.4, 0.5) is 0 Å². The zero-order valence-corrected chi connectivity index (χ0v) is 12.5. The van der Waals surface area contributed by atoms with Gasteiger partial charge in [-0.3, -0.25) is 0 Å². The number of nitrogens with zero attached hydrogens (tertiary/aromatic N) is 4. The predicted molar refractivity (Wildman–Crippen MR) is 89.4 cm³/mol. The van der Waals surface area contributed by atoms with Crippen molar-refractivity contribution >= 4 is 11.0 Å². The van der Waals surface area contributed by atoms with Crippen molar-refractivity contribution in [3.63, 3.8) is 0 Å². The molecular weight excluding hydrogens is 288 g/mol. The van der Waals surface area contributed by atoms with Crippen LogP contribution < -0.4 is 0 Å². The van der Waals surface area contributed by atoms with Gasteiger partial charge in [0.1, 0.15) is 5.82 Å². The second-order valence-electron chi connectivity index (χ2n) is 5.30. The summed E-state index contributed by atoms with van der Waals surface area (Å²) in [6.45, 7) is 0.591. The molecule has 5 nitrogen and oxygen atoms in total. The third-order valence-corrected chi connectivity index (χ3v) is 3.85. The van der Waals surface area contributed by atoms with Gasteiger partial charge in [-0.2, -0.15) is 5.10 Å². The number of imidazole rings is 1. The molecule has 2 heterocycles. The summed E-state index contributed by atoms with van der Waals surface area (Å²) in [6, 6.07) is 18.0. The van der Waals surface area contributed by atoms with E-state index in [0.717, 1.165) is 28.1 Å². The maximum absolute atomic E-state index is 9.41. The number of hydrogen-bond acceptors (Lipinski definition) is 3. The van der Waals surface area contributed by atoms with Crippen molar-refractivity contribution in [2.24, 2.45) is 0 Å². The topological polar surface area (TPSA) is 55.9 Å². The molecule has 0 fully saturated rings. The Kier molecular flexibility index (Phi) is 3.40. The lowest BCUT2D eigenvalue weighted by molar-refractivity contribution is 0.278. The summed E-state index contributed by atoms with van der Waals surface area (Å²) >= 11 is 0. The van der Waals surface area contributed by atoms with Crippen LogP contribution in [0.15, 0.2) is 67.0 Å². The lowest BCUT2D eigenvalue weighted by atomic mass is 10.2. The third-order valence-electron chi connectivity index (χ3n) is 3.85. The summed E-state index contributed by atoms with van der Waals surface area (Å²) in [7, 11) is 0. The largest absolute Gasteiger partial charge is 0.395 e. The first-order valence-corrected chi connectivity index (χ1v) is 7.53. The monoisotopic (exact) mass is 304 g/mol. The van der Waals surface area contributed by atoms with Gasteiger partial charge < -0.3 is 9.67 Å². The minimum atomic E-state index is 0.0756. The van der Waals surface area contributed by atoms with Crippen LogP contribution in [0.2, 0.25) is 0 Å². The molecule has 0 aliphatic rings. The molecule has 114 valence electrons. The minimum Gasteiger partial charge on any atom is -0.395 e. The smallest absolute Gasteiger partial charge is 0.141 e. The molecule has 1 N–H and O–H groups in total. The fourth-order valence-electron chi connectivity index (χ4n) is 2.83. The molecule has 0 aliphatic carbocycles. The molecule has 0 spiro atoms. The molecule has 0 amide bonds. The highest BCUT2D eigenvalue weighted by atomic mass is 16.3. The van der Waals surface area contributed by atoms with Gasteiger partial charge in [0, 0.05) is 24.5 Å². The zero-order chi connectivity index (χ0) is 15.6. The summed E-state index contributed by atoms with van der Waals surface area (Å²) in [5, 5.41) is 13.7. The average molecular weight is 304 g/mol. The van der Waals surface area contributed by atoms with Crippen molar-refractivity contribution in [2.45, 2.75) is 6.54 Å². The van der Waals surface area contributed by atoms with Crippen LogP contribution in [0.1, 0.15) is 0 Å². The molecule has 0 aliphatic heterocycles. The quantitative estimate of drug-likeness (QED) is 0.631. The molecule has 0 unspecified atom stereocenters. The Balaban J connectivity index is 1.89. The standard InChI is InChI=1S/C18H16N4O/c23-12-11-21-17-8-2-1-7-16(17)20-18(21)14-5-3-6-15(13-14)22-10-4-9-19-22/h1-10,13,23H,11-12H2. The van der Waals surface area contributed by atoms with Crippen molar-refractivity contribution in [2.75, 3.05) is 6.61 Å². The molecular formula is C18H16N4O. The first kappa shape index (κ1) is 13.7. The maximum atomic E-state index is 9.41. The van der Waals surface area contributed by atoms with E-state index in [1.807, 2.05) is 59.4 Å². The number of aliphatic hydroxyl groups is 1. The molecule has 0 atom stereocenters. The molecule has 4 aromatic rings. The maximum Gasteiger partial charge on any atom is 0.141 e. The van der Waals surface area contributed by atoms with Gasteiger partial charge in [-0.05, 0) is 30.3 Å². The molecule has 2 aromatic carbocycles. The van der Waals surface area contributed by atoms with Crippen molar-refractivity contribution in [3.8, 4) is 17.1 Å². The van der Waals surface area contributed by atoms with Crippen molar-refractivity contribution in [1.82, 2.24) is 19.3 Å². The Bertz CT molecular complexity index is 941. The fraction of sp³-hybridized carbons (Fsp3) is 0.111. The second kappa shape index (κ2) is 5.70. The van der Waals surface area contributed by atoms with Gasteiger partial charge in [-0.15, -0.1) is 0 Å². The van der Waals surface area contributed by atoms with E-state index in [1.165, 1.54) is 0 Å². The van der Waals surface area contributed by atoms with Gasteiger partial charge in [0.2, 0.25) is 0 Å². The Labute approximate surface area is 133 Å². The van der Waals surface area contributed by atoms with Crippen LogP contribution in [-0.2, 0) is 6.54 Å². The van der Waals surface area contributed by atoms with Gasteiger partial charge >= 0.3 is 0 Å². The average Bonchev–Trinajstić information content (AvgIpc) is 3.24. The van der Waals surface area contributed by atoms with Crippen LogP contribution in [0, 0.1) is 0 Å². The second-order valence-corrected chi connectivity index (χ2v) is 5.30. The molecule has 0 radical (unpaired) electrons. The Morgan fingerprint density at radius 1 is 1.00 bits per heavy atom. The molecule has 0 saturated carbocycles. The SMILES string of the molecule is OCCn1c(-c2cccc(-n3cccn3)c2)nc2ccccc21. The summed E-state index contributed by atoms with van der Waals surface area (Å²) in [5.74, 6) is 0.856. The molecule has 2 aromatic heterocycles. The summed E-state index contributed by atoms with van der Waals surface area (Å²) in [5.41, 5.74) is 3.94. The minimum absolute atomic E-state index is 0.0756. The third kappa shape index (κ3) is 2.41. The Morgan fingerprint density at radius 2 is 1.91 bits per heavy atom. The van der Waals surface area contributed by atoms with E-state index in [4.69, 9.17) is 4.98 Å². The highest BCUT2D eigenvalue weighted by Gasteiger charge is 2.12. The Morgan fingerprint density at radius 3 is 2.74 bits per heavy atom. The zero-order valence-electron chi connectivity index (χ0n) is 12.5. The van der Waals surface area contributed by atoms with Crippen LogP contribution in [-0.4, -0.2) is 31.0 Å². The number of rotatable bonds is 4. The first-order valence-electron chi connectivity index (χ1n) is 7.53. The van der Waals surface area contributed by atoms with Gasteiger partial charge in [-0.25, -0.2) is 9.67 Å². The van der Waals surface area contributed by atoms with E-state index in [-0.39, 0.29) is 6.61 Å². The van der Waals surface area contributed by atoms with Gasteiger partial charge in [0.25, 0.3) is 0 Å². The van der Waals surface area contributed by atoms with Crippen LogP contribution in [0.25, 0.3) is 28.1 Å². The number of benzene rings is 2. The van der Waals surface area contributed by atoms with Crippen LogP contribution in [0.3, 0.4) is 0 Å². The van der Waals surface area contributed by atoms with Gasteiger partial charge in [0.15, 0.2) is 0 Å². The summed E-state index contributed by atoms with van der Waals surface area (Å²) in [4.78, 5) is 4.75. The molecule has 5 heteroatoms. The van der Waals surface area contributed by atoms with E-state index < -0.39 is 0 Å². The van der Waals surface area contributed by atoms with Crippen LogP contribution in [0.5, 0.6) is 0 Å². The molecule has 4 rings (SSSR count). The number of aromatic nitrogens is 4. The van der Waals surface area contributed by atoms with E-state index in [9.17, 15) is 5.11 Å². The van der Waals surface area contributed by atoms with Crippen LogP contribution >= 0.6 is 0 Å². The van der Waals surface area contributed by atoms with Crippen molar-refractivity contribution in [1.29, 1.82) is 0 Å². The van der Waals surface area contributed by atoms with E-state index in [1.54, 1.807) is 6.20 Å². The van der Waals surface area contributed by atoms with Crippen molar-refractivity contribution in [3.05, 3.63) is 67.0 Å². The predicted octanol–water partition coefficient (Wildman–Crippen LogP) is 2.88. The summed E-state index contributed by atoms with van der Waals surface area (Å²) in [6.07, 6.45) is 3.67. The number of fused-ring (bicyclic) bond motifs is 1. The highest BCUT2D eigenvalue weighted by Crippen LogP contribution is 2.26. The highest BCUT2D eigenvalue weighted by molar-refractivity contribution is 5.80. The molecule has 0 bridgehead atoms. The number of hydrogen-bond donors (Lipinski definition) is 1. The van der Waals surface area contributed by atoms with Gasteiger partial charge in [0.05, 0.1) is 23.3 Å². The van der Waals surface area contributed by atoms with E-state index >= 15 is 0 Å². The van der Waals surface area contributed by atoms with Gasteiger partial charge in [-0.1, -0.05) is 24.3 Å². The summed E-state index contributed by atoms with van der Waals surface area (Å²) < 4.78 is 3.88. The Hall–Kier alpha value is -2.92. The molecule has 23 heavy (non-hydrogen) atoms. The lowest BCUT2D eigenvalue weighted by Gasteiger charge is -2.09. The first-order chi connectivity index (χ1) is 11.4. The van der Waals surface area contributed by atoms with E-state index in [0.29, 0.717) is 6.54 Å². The van der Waals surface area contributed by atoms with Crippen molar-refractivity contribution < 1.29 is 5.11 Å². The number of aliphatic hydroxyl groups excluding tert-OH is 1. The fourth-order valence-corrected chi connectivity index (χ4v) is 2.83. The number of para-hydroxylation sites is 2. The van der Waals surface area contributed by atoms with E-state index in [2.05, 4.69) is 15.7 Å².